The van der Waals surface area contributed by atoms with E-state index in [0.29, 0.717) is 43.5 Å². The fourth-order valence-corrected chi connectivity index (χ4v) is 2.89. The van der Waals surface area contributed by atoms with Crippen molar-refractivity contribution in [1.82, 2.24) is 15.5 Å². The third-order valence-electron chi connectivity index (χ3n) is 4.67. The number of amides is 1. The second-order valence-corrected chi connectivity index (χ2v) is 6.97. The summed E-state index contributed by atoms with van der Waals surface area (Å²) in [6, 6.07) is 11.0. The number of rotatable bonds is 9. The Bertz CT molecular complexity index is 779. The lowest BCUT2D eigenvalue weighted by Gasteiger charge is -2.22. The van der Waals surface area contributed by atoms with Crippen molar-refractivity contribution in [2.45, 2.75) is 39.8 Å². The summed E-state index contributed by atoms with van der Waals surface area (Å²) in [4.78, 5) is 18.8. The molecular weight excluding hydrogens is 368 g/mol. The zero-order valence-electron chi connectivity index (χ0n) is 17.7. The lowest BCUT2D eigenvalue weighted by molar-refractivity contribution is 0.0386. The van der Waals surface area contributed by atoms with E-state index >= 15 is 0 Å². The Morgan fingerprint density at radius 2 is 1.83 bits per heavy atom. The molecule has 0 bridgehead atoms. The van der Waals surface area contributed by atoms with E-state index in [0.717, 1.165) is 5.56 Å². The normalized spacial score (nSPS) is 13.6. The minimum Gasteiger partial charge on any atom is -0.466 e. The SMILES string of the molecule is CCNC(=NCc1ccc(C(=O)N(CC)CC)cc1)NCC(C)(O)c1ccco1. The number of benzene rings is 1. The monoisotopic (exact) mass is 400 g/mol. The number of hydrogen-bond donors (Lipinski definition) is 3. The first-order chi connectivity index (χ1) is 13.9. The maximum Gasteiger partial charge on any atom is 0.253 e. The van der Waals surface area contributed by atoms with Crippen molar-refractivity contribution >= 4 is 11.9 Å². The predicted molar refractivity (Wildman–Crippen MR) is 115 cm³/mol. The van der Waals surface area contributed by atoms with Crippen molar-refractivity contribution in [2.24, 2.45) is 4.99 Å². The van der Waals surface area contributed by atoms with Crippen LogP contribution in [-0.4, -0.2) is 48.1 Å². The molecule has 0 radical (unpaired) electrons. The number of aliphatic hydroxyl groups is 1. The molecular formula is C22H32N4O3. The molecule has 2 rings (SSSR count). The summed E-state index contributed by atoms with van der Waals surface area (Å²) in [5, 5.41) is 16.9. The second-order valence-electron chi connectivity index (χ2n) is 6.97. The molecule has 0 aliphatic carbocycles. The molecule has 1 atom stereocenters. The number of carbonyl (C=O) groups is 1. The Kier molecular flexibility index (Phi) is 8.27. The first-order valence-corrected chi connectivity index (χ1v) is 10.1. The van der Waals surface area contributed by atoms with Gasteiger partial charge in [0.1, 0.15) is 11.4 Å². The molecule has 0 saturated carbocycles. The van der Waals surface area contributed by atoms with Crippen molar-refractivity contribution in [1.29, 1.82) is 0 Å². The summed E-state index contributed by atoms with van der Waals surface area (Å²) < 4.78 is 5.30. The molecule has 158 valence electrons. The smallest absolute Gasteiger partial charge is 0.253 e. The van der Waals surface area contributed by atoms with Gasteiger partial charge in [0, 0.05) is 25.2 Å². The number of hydrogen-bond acceptors (Lipinski definition) is 4. The predicted octanol–water partition coefficient (Wildman–Crippen LogP) is 2.72. The molecule has 0 saturated heterocycles. The third kappa shape index (κ3) is 6.35. The van der Waals surface area contributed by atoms with E-state index in [-0.39, 0.29) is 12.5 Å². The van der Waals surface area contributed by atoms with Crippen molar-refractivity contribution < 1.29 is 14.3 Å². The van der Waals surface area contributed by atoms with Crippen LogP contribution in [-0.2, 0) is 12.1 Å². The Morgan fingerprint density at radius 3 is 2.38 bits per heavy atom. The summed E-state index contributed by atoms with van der Waals surface area (Å²) in [7, 11) is 0. The molecule has 0 aliphatic heterocycles. The summed E-state index contributed by atoms with van der Waals surface area (Å²) in [5.74, 6) is 1.14. The van der Waals surface area contributed by atoms with Crippen LogP contribution < -0.4 is 10.6 Å². The fraction of sp³-hybridized carbons (Fsp3) is 0.455. The molecule has 0 spiro atoms. The maximum absolute atomic E-state index is 12.4. The Hall–Kier alpha value is -2.80. The van der Waals surface area contributed by atoms with Crippen LogP contribution in [0.5, 0.6) is 0 Å². The van der Waals surface area contributed by atoms with Gasteiger partial charge in [-0.1, -0.05) is 12.1 Å². The van der Waals surface area contributed by atoms with E-state index in [2.05, 4.69) is 15.6 Å². The van der Waals surface area contributed by atoms with E-state index in [1.165, 1.54) is 6.26 Å². The third-order valence-corrected chi connectivity index (χ3v) is 4.67. The quantitative estimate of drug-likeness (QED) is 0.445. The average molecular weight is 401 g/mol. The highest BCUT2D eigenvalue weighted by Gasteiger charge is 2.26. The molecule has 7 nitrogen and oxygen atoms in total. The second kappa shape index (κ2) is 10.7. The summed E-state index contributed by atoms with van der Waals surface area (Å²) in [6.45, 7) is 10.4. The fourth-order valence-electron chi connectivity index (χ4n) is 2.89. The van der Waals surface area contributed by atoms with Gasteiger partial charge in [0.05, 0.1) is 19.4 Å². The Labute approximate surface area is 172 Å². The topological polar surface area (TPSA) is 90.1 Å². The van der Waals surface area contributed by atoms with Crippen LogP contribution in [0.4, 0.5) is 0 Å². The number of nitrogens with zero attached hydrogens (tertiary/aromatic N) is 2. The van der Waals surface area contributed by atoms with E-state index in [1.54, 1.807) is 24.0 Å². The molecule has 0 aliphatic rings. The number of furan rings is 1. The van der Waals surface area contributed by atoms with Gasteiger partial charge in [0.25, 0.3) is 5.91 Å². The van der Waals surface area contributed by atoms with Crippen LogP contribution in [0.2, 0.25) is 0 Å². The standard InChI is InChI=1S/C22H32N4O3/c1-5-23-21(25-16-22(4,28)19-9-8-14-29-19)24-15-17-10-12-18(13-11-17)20(27)26(6-2)7-3/h8-14,28H,5-7,15-16H2,1-4H3,(H2,23,24,25). The van der Waals surface area contributed by atoms with Gasteiger partial charge in [-0.25, -0.2) is 4.99 Å². The van der Waals surface area contributed by atoms with Crippen LogP contribution in [0.3, 0.4) is 0 Å². The van der Waals surface area contributed by atoms with Gasteiger partial charge in [0.2, 0.25) is 0 Å². The van der Waals surface area contributed by atoms with Crippen molar-refractivity contribution in [2.75, 3.05) is 26.2 Å². The van der Waals surface area contributed by atoms with Crippen molar-refractivity contribution in [3.05, 3.63) is 59.5 Å². The summed E-state index contributed by atoms with van der Waals surface area (Å²) in [5.41, 5.74) is 0.531. The highest BCUT2D eigenvalue weighted by atomic mass is 16.4. The zero-order valence-corrected chi connectivity index (χ0v) is 17.7. The molecule has 7 heteroatoms. The number of guanidine groups is 1. The Morgan fingerprint density at radius 1 is 1.14 bits per heavy atom. The molecule has 1 heterocycles. The molecule has 0 fully saturated rings. The van der Waals surface area contributed by atoms with Gasteiger partial charge < -0.3 is 25.1 Å². The van der Waals surface area contributed by atoms with E-state index in [4.69, 9.17) is 4.42 Å². The van der Waals surface area contributed by atoms with E-state index in [9.17, 15) is 9.90 Å². The highest BCUT2D eigenvalue weighted by Crippen LogP contribution is 2.19. The number of aliphatic imine (C=N–C) groups is 1. The van der Waals surface area contributed by atoms with E-state index < -0.39 is 5.60 Å². The minimum atomic E-state index is -1.15. The van der Waals surface area contributed by atoms with Crippen LogP contribution in [0.1, 0.15) is 49.4 Å². The molecule has 3 N–H and O–H groups in total. The van der Waals surface area contributed by atoms with Crippen molar-refractivity contribution in [3.63, 3.8) is 0 Å². The van der Waals surface area contributed by atoms with Crippen LogP contribution >= 0.6 is 0 Å². The van der Waals surface area contributed by atoms with Crippen molar-refractivity contribution in [3.8, 4) is 0 Å². The van der Waals surface area contributed by atoms with Gasteiger partial charge in [-0.05, 0) is 57.5 Å². The molecule has 1 amide bonds. The van der Waals surface area contributed by atoms with Gasteiger partial charge in [-0.3, -0.25) is 4.79 Å². The largest absolute Gasteiger partial charge is 0.466 e. The first-order valence-electron chi connectivity index (χ1n) is 10.1. The Balaban J connectivity index is 2.00. The van der Waals surface area contributed by atoms with Crippen LogP contribution in [0.15, 0.2) is 52.1 Å². The molecule has 1 unspecified atom stereocenters. The minimum absolute atomic E-state index is 0.0419. The molecule has 2 aromatic rings. The van der Waals surface area contributed by atoms with E-state index in [1.807, 2.05) is 45.0 Å². The molecule has 1 aromatic heterocycles. The maximum atomic E-state index is 12.4. The van der Waals surface area contributed by atoms with Gasteiger partial charge in [-0.2, -0.15) is 0 Å². The highest BCUT2D eigenvalue weighted by molar-refractivity contribution is 5.94. The zero-order chi connectivity index (χ0) is 21.3. The van der Waals surface area contributed by atoms with Gasteiger partial charge in [0.15, 0.2) is 5.96 Å². The number of carbonyl (C=O) groups excluding carboxylic acids is 1. The van der Waals surface area contributed by atoms with Gasteiger partial charge in [-0.15, -0.1) is 0 Å². The van der Waals surface area contributed by atoms with Gasteiger partial charge >= 0.3 is 0 Å². The van der Waals surface area contributed by atoms with Crippen LogP contribution in [0.25, 0.3) is 0 Å². The summed E-state index contributed by atoms with van der Waals surface area (Å²) in [6.07, 6.45) is 1.54. The average Bonchev–Trinajstić information content (AvgIpc) is 3.27. The number of nitrogens with one attached hydrogen (secondary N) is 2. The lowest BCUT2D eigenvalue weighted by atomic mass is 10.0. The molecule has 29 heavy (non-hydrogen) atoms. The summed E-state index contributed by atoms with van der Waals surface area (Å²) >= 11 is 0. The van der Waals surface area contributed by atoms with Crippen LogP contribution in [0, 0.1) is 0 Å². The molecule has 1 aromatic carbocycles. The lowest BCUT2D eigenvalue weighted by Crippen LogP contribution is -2.44. The first kappa shape index (κ1) is 22.5.